The number of nitrogens with one attached hydrogen (secondary N) is 1. The molecule has 2 heterocycles. The van der Waals surface area contributed by atoms with Gasteiger partial charge in [-0.25, -0.2) is 14.6 Å². The maximum atomic E-state index is 13.5. The lowest BCUT2D eigenvalue weighted by Gasteiger charge is -2.23. The highest BCUT2D eigenvalue weighted by Crippen LogP contribution is 2.28. The molecule has 1 aliphatic rings. The molecular weight excluding hydrogens is 568 g/mol. The lowest BCUT2D eigenvalue weighted by atomic mass is 9.90. The van der Waals surface area contributed by atoms with Crippen molar-refractivity contribution in [1.29, 1.82) is 0 Å². The van der Waals surface area contributed by atoms with Gasteiger partial charge in [0.05, 0.1) is 17.3 Å². The standard InChI is InChI=1S/C21H19N3O3.2C2HF3O2/c25-20(24-13-23-17-12-22-16(21(26)27)11-18(17)24)19(14-7-3-1-4-8-14)15-9-5-2-6-10-15;2*3-2(4,5)1(6)7/h1-10,13,16,19,22H,11-12H2,(H,26,27);2*(H,6,7). The lowest BCUT2D eigenvalue weighted by molar-refractivity contribution is -0.193. The molecule has 1 atom stereocenters. The Bertz CT molecular complexity index is 1300. The molecule has 0 radical (unpaired) electrons. The maximum Gasteiger partial charge on any atom is 0.490 e. The van der Waals surface area contributed by atoms with E-state index < -0.39 is 42.2 Å². The fourth-order valence-corrected chi connectivity index (χ4v) is 3.53. The van der Waals surface area contributed by atoms with Crippen molar-refractivity contribution in [3.05, 3.63) is 89.5 Å². The van der Waals surface area contributed by atoms with Gasteiger partial charge in [0.25, 0.3) is 0 Å². The Morgan fingerprint density at radius 1 is 0.805 bits per heavy atom. The van der Waals surface area contributed by atoms with Gasteiger partial charge in [0.15, 0.2) is 0 Å². The van der Waals surface area contributed by atoms with Gasteiger partial charge in [-0.3, -0.25) is 19.5 Å². The van der Waals surface area contributed by atoms with Crippen molar-refractivity contribution in [2.75, 3.05) is 0 Å². The average molecular weight is 589 g/mol. The minimum Gasteiger partial charge on any atom is -0.480 e. The van der Waals surface area contributed by atoms with Crippen LogP contribution < -0.4 is 5.32 Å². The van der Waals surface area contributed by atoms with Crippen LogP contribution in [0.5, 0.6) is 0 Å². The second-order valence-electron chi connectivity index (χ2n) is 8.18. The summed E-state index contributed by atoms with van der Waals surface area (Å²) in [5, 5.41) is 26.5. The van der Waals surface area contributed by atoms with Crippen LogP contribution >= 0.6 is 0 Å². The number of nitrogens with zero attached hydrogens (tertiary/aromatic N) is 2. The van der Waals surface area contributed by atoms with Crippen molar-refractivity contribution in [2.24, 2.45) is 0 Å². The molecule has 220 valence electrons. The number of hydrogen-bond acceptors (Lipinski definition) is 6. The second kappa shape index (κ2) is 13.6. The van der Waals surface area contributed by atoms with E-state index in [1.165, 1.54) is 10.9 Å². The fourth-order valence-electron chi connectivity index (χ4n) is 3.53. The third-order valence-electron chi connectivity index (χ3n) is 5.40. The first kappa shape index (κ1) is 32.5. The molecule has 1 aliphatic heterocycles. The van der Waals surface area contributed by atoms with Gasteiger partial charge in [0.2, 0.25) is 5.91 Å². The molecule has 0 spiro atoms. The third-order valence-corrected chi connectivity index (χ3v) is 5.40. The number of aromatic nitrogens is 2. The smallest absolute Gasteiger partial charge is 0.480 e. The molecule has 10 nitrogen and oxygen atoms in total. The van der Waals surface area contributed by atoms with Crippen LogP contribution in [0.3, 0.4) is 0 Å². The van der Waals surface area contributed by atoms with Crippen molar-refractivity contribution in [2.45, 2.75) is 37.3 Å². The van der Waals surface area contributed by atoms with Crippen molar-refractivity contribution >= 4 is 23.8 Å². The number of carboxylic acid groups (broad SMARTS) is 3. The van der Waals surface area contributed by atoms with Crippen LogP contribution in [-0.4, -0.2) is 67.1 Å². The van der Waals surface area contributed by atoms with E-state index in [1.807, 2.05) is 60.7 Å². The SMILES string of the molecule is O=C(O)C(F)(F)F.O=C(O)C(F)(F)F.O=C(O)C1Cc2c(ncn2C(=O)C(c2ccccc2)c2ccccc2)CN1. The predicted molar refractivity (Wildman–Crippen MR) is 127 cm³/mol. The van der Waals surface area contributed by atoms with Gasteiger partial charge >= 0.3 is 30.3 Å². The molecule has 0 fully saturated rings. The number of carbonyl (C=O) groups is 4. The summed E-state index contributed by atoms with van der Waals surface area (Å²) in [5.74, 6) is -7.06. The Hall–Kier alpha value is -4.73. The summed E-state index contributed by atoms with van der Waals surface area (Å²) in [4.78, 5) is 47.0. The summed E-state index contributed by atoms with van der Waals surface area (Å²) in [6.07, 6.45) is -8.43. The first-order valence-corrected chi connectivity index (χ1v) is 11.3. The number of halogens is 6. The van der Waals surface area contributed by atoms with Crippen molar-refractivity contribution < 1.29 is 60.8 Å². The molecule has 1 aromatic heterocycles. The number of hydrogen-bond donors (Lipinski definition) is 4. The molecule has 1 unspecified atom stereocenters. The largest absolute Gasteiger partial charge is 0.490 e. The zero-order valence-electron chi connectivity index (χ0n) is 20.6. The molecule has 0 amide bonds. The molecular formula is C25H21F6N3O7. The third kappa shape index (κ3) is 9.16. The van der Waals surface area contributed by atoms with Crippen LogP contribution in [0.15, 0.2) is 67.0 Å². The maximum absolute atomic E-state index is 13.5. The highest BCUT2D eigenvalue weighted by molar-refractivity contribution is 5.90. The minimum atomic E-state index is -5.08. The fraction of sp³-hybridized carbons (Fsp3) is 0.240. The van der Waals surface area contributed by atoms with Gasteiger partial charge in [0.1, 0.15) is 12.4 Å². The molecule has 16 heteroatoms. The Balaban J connectivity index is 0.000000349. The quantitative estimate of drug-likeness (QED) is 0.333. The van der Waals surface area contributed by atoms with Crippen molar-refractivity contribution in [1.82, 2.24) is 14.9 Å². The van der Waals surface area contributed by atoms with Gasteiger partial charge in [-0.1, -0.05) is 60.7 Å². The van der Waals surface area contributed by atoms with E-state index in [9.17, 15) is 41.0 Å². The van der Waals surface area contributed by atoms with Crippen molar-refractivity contribution in [3.63, 3.8) is 0 Å². The first-order valence-electron chi connectivity index (χ1n) is 11.3. The molecule has 41 heavy (non-hydrogen) atoms. The summed E-state index contributed by atoms with van der Waals surface area (Å²) < 4.78 is 65.0. The Kier molecular flexibility index (Phi) is 10.7. The Morgan fingerprint density at radius 3 is 1.59 bits per heavy atom. The number of alkyl halides is 6. The molecule has 0 aliphatic carbocycles. The van der Waals surface area contributed by atoms with Crippen LogP contribution in [0.4, 0.5) is 26.3 Å². The number of imidazole rings is 1. The minimum absolute atomic E-state index is 0.132. The number of carboxylic acids is 3. The Labute approximate surface area is 226 Å². The molecule has 0 saturated carbocycles. The summed E-state index contributed by atoms with van der Waals surface area (Å²) in [6.45, 7) is 0.341. The Morgan fingerprint density at radius 2 is 1.22 bits per heavy atom. The van der Waals surface area contributed by atoms with Crippen LogP contribution in [0.1, 0.15) is 33.2 Å². The van der Waals surface area contributed by atoms with Crippen LogP contribution in [0.2, 0.25) is 0 Å². The monoisotopic (exact) mass is 589 g/mol. The van der Waals surface area contributed by atoms with E-state index in [-0.39, 0.29) is 12.3 Å². The highest BCUT2D eigenvalue weighted by atomic mass is 19.4. The zero-order chi connectivity index (χ0) is 31.0. The molecule has 4 N–H and O–H groups in total. The first-order chi connectivity index (χ1) is 19.0. The van der Waals surface area contributed by atoms with E-state index >= 15 is 0 Å². The zero-order valence-corrected chi connectivity index (χ0v) is 20.6. The predicted octanol–water partition coefficient (Wildman–Crippen LogP) is 3.72. The normalized spacial score (nSPS) is 14.5. The molecule has 0 bridgehead atoms. The van der Waals surface area contributed by atoms with Gasteiger partial charge < -0.3 is 15.3 Å². The van der Waals surface area contributed by atoms with Crippen molar-refractivity contribution in [3.8, 4) is 0 Å². The average Bonchev–Trinajstić information content (AvgIpc) is 3.33. The number of benzene rings is 2. The van der Waals surface area contributed by atoms with Gasteiger partial charge in [-0.05, 0) is 11.1 Å². The number of aliphatic carboxylic acids is 3. The molecule has 0 saturated heterocycles. The van der Waals surface area contributed by atoms with E-state index in [1.54, 1.807) is 0 Å². The number of fused-ring (bicyclic) bond motifs is 1. The van der Waals surface area contributed by atoms with Gasteiger partial charge in [0, 0.05) is 13.0 Å². The highest BCUT2D eigenvalue weighted by Gasteiger charge is 2.39. The van der Waals surface area contributed by atoms with Crippen LogP contribution in [-0.2, 0) is 27.3 Å². The van der Waals surface area contributed by atoms with E-state index in [2.05, 4.69) is 10.3 Å². The summed E-state index contributed by atoms with van der Waals surface area (Å²) in [6, 6.07) is 18.5. The lowest BCUT2D eigenvalue weighted by Crippen LogP contribution is -2.42. The summed E-state index contributed by atoms with van der Waals surface area (Å²) in [7, 11) is 0. The summed E-state index contributed by atoms with van der Waals surface area (Å²) >= 11 is 0. The molecule has 4 rings (SSSR count). The van der Waals surface area contributed by atoms with Crippen LogP contribution in [0.25, 0.3) is 0 Å². The second-order valence-corrected chi connectivity index (χ2v) is 8.18. The van der Waals surface area contributed by atoms with E-state index in [4.69, 9.17) is 19.8 Å². The topological polar surface area (TPSA) is 159 Å². The van der Waals surface area contributed by atoms with Gasteiger partial charge in [-0.15, -0.1) is 0 Å². The number of rotatable bonds is 4. The molecule has 3 aromatic rings. The van der Waals surface area contributed by atoms with Crippen LogP contribution in [0, 0.1) is 0 Å². The summed E-state index contributed by atoms with van der Waals surface area (Å²) in [5.41, 5.74) is 3.17. The van der Waals surface area contributed by atoms with E-state index in [0.29, 0.717) is 12.2 Å². The van der Waals surface area contributed by atoms with Gasteiger partial charge in [-0.2, -0.15) is 26.3 Å². The molecule has 2 aromatic carbocycles. The number of carbonyl (C=O) groups excluding carboxylic acids is 1. The van der Waals surface area contributed by atoms with E-state index in [0.717, 1.165) is 16.8 Å².